The van der Waals surface area contributed by atoms with Crippen LogP contribution in [-0.4, -0.2) is 55.3 Å². The van der Waals surface area contributed by atoms with Crippen LogP contribution >= 0.6 is 0 Å². The average molecular weight is 291 g/mol. The summed E-state index contributed by atoms with van der Waals surface area (Å²) in [5.41, 5.74) is 1.06. The van der Waals surface area contributed by atoms with Gasteiger partial charge in [0.2, 0.25) is 0 Å². The Morgan fingerprint density at radius 2 is 2.05 bits per heavy atom. The normalized spacial score (nSPS) is 15.2. The third-order valence-electron chi connectivity index (χ3n) is 3.18. The number of nitrogens with zero attached hydrogens (tertiary/aromatic N) is 1. The molecule has 1 aromatic carbocycles. The fourth-order valence-corrected chi connectivity index (χ4v) is 2.11. The molecular weight excluding hydrogens is 274 g/mol. The molecule has 0 unspecified atom stereocenters. The van der Waals surface area contributed by atoms with Crippen LogP contribution in [-0.2, 0) is 9.53 Å². The van der Waals surface area contributed by atoms with E-state index in [1.165, 1.54) is 13.2 Å². The summed E-state index contributed by atoms with van der Waals surface area (Å²) in [4.78, 5) is 24.7. The average Bonchev–Trinajstić information content (AvgIpc) is 2.52. The SMILES string of the molecule is COc1ccc(C(=O)N2CCOCC2)cc1C=CC(=O)O. The molecule has 1 N–H and O–H groups in total. The molecular formula is C15H17NO5. The van der Waals surface area contributed by atoms with E-state index in [9.17, 15) is 9.59 Å². The standard InChI is InChI=1S/C15H17NO5/c1-20-13-4-2-12(10-11(13)3-5-14(17)18)15(19)16-6-8-21-9-7-16/h2-5,10H,6-9H2,1H3,(H,17,18). The monoisotopic (exact) mass is 291 g/mol. The van der Waals surface area contributed by atoms with Crippen LogP contribution in [0.15, 0.2) is 24.3 Å². The van der Waals surface area contributed by atoms with E-state index in [0.29, 0.717) is 43.2 Å². The number of ether oxygens (including phenoxy) is 2. The van der Waals surface area contributed by atoms with E-state index >= 15 is 0 Å². The van der Waals surface area contributed by atoms with Gasteiger partial charge in [-0.1, -0.05) is 0 Å². The molecule has 6 heteroatoms. The van der Waals surface area contributed by atoms with Crippen molar-refractivity contribution in [3.05, 3.63) is 35.4 Å². The zero-order chi connectivity index (χ0) is 15.2. The van der Waals surface area contributed by atoms with Gasteiger partial charge in [0.1, 0.15) is 5.75 Å². The number of morpholine rings is 1. The zero-order valence-corrected chi connectivity index (χ0v) is 11.7. The number of methoxy groups -OCH3 is 1. The summed E-state index contributed by atoms with van der Waals surface area (Å²) in [5, 5.41) is 8.70. The Hall–Kier alpha value is -2.34. The van der Waals surface area contributed by atoms with E-state index in [2.05, 4.69) is 0 Å². The molecule has 0 saturated carbocycles. The number of benzene rings is 1. The number of carboxylic acids is 1. The van der Waals surface area contributed by atoms with Gasteiger partial charge in [-0.05, 0) is 24.3 Å². The van der Waals surface area contributed by atoms with Gasteiger partial charge in [0.15, 0.2) is 0 Å². The summed E-state index contributed by atoms with van der Waals surface area (Å²) in [6, 6.07) is 4.97. The van der Waals surface area contributed by atoms with E-state index < -0.39 is 5.97 Å². The lowest BCUT2D eigenvalue weighted by Gasteiger charge is -2.27. The van der Waals surface area contributed by atoms with Crippen molar-refractivity contribution in [1.82, 2.24) is 4.90 Å². The molecule has 0 aliphatic carbocycles. The Bertz CT molecular complexity index is 561. The van der Waals surface area contributed by atoms with Gasteiger partial charge in [0.05, 0.1) is 20.3 Å². The van der Waals surface area contributed by atoms with Crippen molar-refractivity contribution in [3.8, 4) is 5.75 Å². The topological polar surface area (TPSA) is 76.1 Å². The first-order chi connectivity index (χ1) is 10.1. The fourth-order valence-electron chi connectivity index (χ4n) is 2.11. The predicted octanol–water partition coefficient (Wildman–Crippen LogP) is 1.27. The molecule has 0 atom stereocenters. The lowest BCUT2D eigenvalue weighted by atomic mass is 10.1. The van der Waals surface area contributed by atoms with Gasteiger partial charge in [-0.3, -0.25) is 4.79 Å². The first kappa shape index (κ1) is 15.1. The van der Waals surface area contributed by atoms with Crippen molar-refractivity contribution in [1.29, 1.82) is 0 Å². The molecule has 1 aliphatic rings. The lowest BCUT2D eigenvalue weighted by Crippen LogP contribution is -2.40. The van der Waals surface area contributed by atoms with E-state index in [1.807, 2.05) is 0 Å². The Balaban J connectivity index is 2.25. The van der Waals surface area contributed by atoms with Crippen LogP contribution in [0.4, 0.5) is 0 Å². The van der Waals surface area contributed by atoms with Gasteiger partial charge in [0.25, 0.3) is 5.91 Å². The fraction of sp³-hybridized carbons (Fsp3) is 0.333. The quantitative estimate of drug-likeness (QED) is 0.845. The Kier molecular flexibility index (Phi) is 4.94. The third kappa shape index (κ3) is 3.82. The maximum Gasteiger partial charge on any atom is 0.328 e. The van der Waals surface area contributed by atoms with Crippen LogP contribution in [0.1, 0.15) is 15.9 Å². The molecule has 112 valence electrons. The van der Waals surface area contributed by atoms with Crippen molar-refractivity contribution in [2.45, 2.75) is 0 Å². The van der Waals surface area contributed by atoms with Gasteiger partial charge >= 0.3 is 5.97 Å². The van der Waals surface area contributed by atoms with E-state index in [4.69, 9.17) is 14.6 Å². The zero-order valence-electron chi connectivity index (χ0n) is 11.7. The van der Waals surface area contributed by atoms with Crippen molar-refractivity contribution in [2.24, 2.45) is 0 Å². The number of hydrogen-bond donors (Lipinski definition) is 1. The third-order valence-corrected chi connectivity index (χ3v) is 3.18. The highest BCUT2D eigenvalue weighted by Crippen LogP contribution is 2.22. The van der Waals surface area contributed by atoms with Crippen molar-refractivity contribution in [2.75, 3.05) is 33.4 Å². The van der Waals surface area contributed by atoms with Gasteiger partial charge in [-0.15, -0.1) is 0 Å². The smallest absolute Gasteiger partial charge is 0.328 e. The molecule has 0 bridgehead atoms. The minimum Gasteiger partial charge on any atom is -0.496 e. The molecule has 0 aromatic heterocycles. The number of amides is 1. The molecule has 1 aliphatic heterocycles. The lowest BCUT2D eigenvalue weighted by molar-refractivity contribution is -0.131. The summed E-state index contributed by atoms with van der Waals surface area (Å²) in [5.74, 6) is -0.626. The number of carbonyl (C=O) groups excluding carboxylic acids is 1. The molecule has 1 fully saturated rings. The molecule has 1 amide bonds. The highest BCUT2D eigenvalue weighted by molar-refractivity contribution is 5.95. The van der Waals surface area contributed by atoms with Gasteiger partial charge in [-0.25, -0.2) is 4.79 Å². The molecule has 1 heterocycles. The van der Waals surface area contributed by atoms with Gasteiger partial charge in [0, 0.05) is 30.3 Å². The molecule has 1 aromatic rings. The number of aliphatic carboxylic acids is 1. The van der Waals surface area contributed by atoms with Crippen LogP contribution < -0.4 is 4.74 Å². The summed E-state index contributed by atoms with van der Waals surface area (Å²) < 4.78 is 10.4. The number of carbonyl (C=O) groups is 2. The molecule has 1 saturated heterocycles. The number of carboxylic acid groups (broad SMARTS) is 1. The molecule has 0 spiro atoms. The Morgan fingerprint density at radius 1 is 1.33 bits per heavy atom. The van der Waals surface area contributed by atoms with E-state index in [1.54, 1.807) is 23.1 Å². The van der Waals surface area contributed by atoms with Gasteiger partial charge < -0.3 is 19.5 Å². The highest BCUT2D eigenvalue weighted by Gasteiger charge is 2.19. The number of hydrogen-bond acceptors (Lipinski definition) is 4. The van der Waals surface area contributed by atoms with Gasteiger partial charge in [-0.2, -0.15) is 0 Å². The van der Waals surface area contributed by atoms with Crippen LogP contribution in [0, 0.1) is 0 Å². The molecule has 2 rings (SSSR count). The van der Waals surface area contributed by atoms with E-state index in [-0.39, 0.29) is 5.91 Å². The maximum absolute atomic E-state index is 12.4. The maximum atomic E-state index is 12.4. The summed E-state index contributed by atoms with van der Waals surface area (Å²) in [6.07, 6.45) is 2.43. The predicted molar refractivity (Wildman–Crippen MR) is 76.4 cm³/mol. The van der Waals surface area contributed by atoms with E-state index in [0.717, 1.165) is 6.08 Å². The van der Waals surface area contributed by atoms with Crippen molar-refractivity contribution < 1.29 is 24.2 Å². The first-order valence-electron chi connectivity index (χ1n) is 6.58. The molecule has 6 nitrogen and oxygen atoms in total. The van der Waals surface area contributed by atoms with Crippen molar-refractivity contribution in [3.63, 3.8) is 0 Å². The Morgan fingerprint density at radius 3 is 2.67 bits per heavy atom. The van der Waals surface area contributed by atoms with Crippen LogP contribution in [0.25, 0.3) is 6.08 Å². The van der Waals surface area contributed by atoms with Crippen LogP contribution in [0.5, 0.6) is 5.75 Å². The minimum absolute atomic E-state index is 0.0917. The largest absolute Gasteiger partial charge is 0.496 e. The summed E-state index contributed by atoms with van der Waals surface area (Å²) in [6.45, 7) is 2.19. The van der Waals surface area contributed by atoms with Crippen LogP contribution in [0.3, 0.4) is 0 Å². The first-order valence-corrected chi connectivity index (χ1v) is 6.58. The second kappa shape index (κ2) is 6.90. The second-order valence-electron chi connectivity index (χ2n) is 4.53. The minimum atomic E-state index is -1.05. The molecule has 0 radical (unpaired) electrons. The van der Waals surface area contributed by atoms with Crippen molar-refractivity contribution >= 4 is 18.0 Å². The molecule has 21 heavy (non-hydrogen) atoms. The highest BCUT2D eigenvalue weighted by atomic mass is 16.5. The summed E-state index contributed by atoms with van der Waals surface area (Å²) in [7, 11) is 1.50. The summed E-state index contributed by atoms with van der Waals surface area (Å²) >= 11 is 0. The number of rotatable bonds is 4. The second-order valence-corrected chi connectivity index (χ2v) is 4.53. The Labute approximate surface area is 122 Å². The van der Waals surface area contributed by atoms with Crippen LogP contribution in [0.2, 0.25) is 0 Å².